The van der Waals surface area contributed by atoms with Gasteiger partial charge in [-0.15, -0.1) is 12.4 Å². The lowest BCUT2D eigenvalue weighted by Gasteiger charge is -2.44. The summed E-state index contributed by atoms with van der Waals surface area (Å²) in [5.74, 6) is 0.923. The van der Waals surface area contributed by atoms with E-state index in [4.69, 9.17) is 4.74 Å². The first kappa shape index (κ1) is 14.5. The number of ether oxygens (including phenoxy) is 1. The molecule has 3 aliphatic rings. The van der Waals surface area contributed by atoms with Crippen LogP contribution in [-0.2, 0) is 4.74 Å². The fourth-order valence-corrected chi connectivity index (χ4v) is 3.41. The van der Waals surface area contributed by atoms with Gasteiger partial charge in [0.2, 0.25) is 0 Å². The van der Waals surface area contributed by atoms with Crippen molar-refractivity contribution in [2.24, 2.45) is 5.92 Å². The highest BCUT2D eigenvalue weighted by atomic mass is 35.5. The van der Waals surface area contributed by atoms with Gasteiger partial charge >= 0.3 is 0 Å². The van der Waals surface area contributed by atoms with Crippen molar-refractivity contribution in [1.29, 1.82) is 0 Å². The lowest BCUT2D eigenvalue weighted by Crippen LogP contribution is -2.58. The zero-order valence-electron chi connectivity index (χ0n) is 11.1. The van der Waals surface area contributed by atoms with E-state index in [1.807, 2.05) is 0 Å². The summed E-state index contributed by atoms with van der Waals surface area (Å²) in [6.07, 6.45) is 2.72. The van der Waals surface area contributed by atoms with Gasteiger partial charge in [-0.1, -0.05) is 0 Å². The van der Waals surface area contributed by atoms with Gasteiger partial charge in [-0.25, -0.2) is 0 Å². The number of morpholine rings is 1. The average Bonchev–Trinajstić information content (AvgIpc) is 2.40. The van der Waals surface area contributed by atoms with E-state index in [0.717, 1.165) is 25.7 Å². The first-order chi connectivity index (χ1) is 8.42. The van der Waals surface area contributed by atoms with Crippen molar-refractivity contribution in [2.75, 3.05) is 59.0 Å². The van der Waals surface area contributed by atoms with Crippen LogP contribution in [0.15, 0.2) is 0 Å². The topological polar surface area (TPSA) is 27.7 Å². The van der Waals surface area contributed by atoms with Gasteiger partial charge in [0.05, 0.1) is 13.2 Å². The molecular formula is C13H26ClN3O. The first-order valence-corrected chi connectivity index (χ1v) is 7.17. The number of rotatable bonds is 2. The summed E-state index contributed by atoms with van der Waals surface area (Å²) in [4.78, 5) is 5.29. The van der Waals surface area contributed by atoms with Crippen molar-refractivity contribution < 1.29 is 4.74 Å². The minimum Gasteiger partial charge on any atom is -0.378 e. The van der Waals surface area contributed by atoms with Gasteiger partial charge in [0.1, 0.15) is 0 Å². The van der Waals surface area contributed by atoms with Gasteiger partial charge in [0.25, 0.3) is 0 Å². The summed E-state index contributed by atoms with van der Waals surface area (Å²) in [5, 5.41) is 3.45. The lowest BCUT2D eigenvalue weighted by molar-refractivity contribution is -0.0475. The molecule has 0 aromatic heterocycles. The monoisotopic (exact) mass is 275 g/mol. The Morgan fingerprint density at radius 1 is 1.11 bits per heavy atom. The Labute approximate surface area is 116 Å². The summed E-state index contributed by atoms with van der Waals surface area (Å²) in [6.45, 7) is 10.5. The third-order valence-electron chi connectivity index (χ3n) is 4.50. The van der Waals surface area contributed by atoms with Crippen LogP contribution in [-0.4, -0.2) is 74.9 Å². The van der Waals surface area contributed by atoms with Gasteiger partial charge in [0.15, 0.2) is 0 Å². The molecule has 0 spiro atoms. The van der Waals surface area contributed by atoms with E-state index in [2.05, 4.69) is 15.1 Å². The van der Waals surface area contributed by atoms with Crippen molar-refractivity contribution in [1.82, 2.24) is 15.1 Å². The maximum Gasteiger partial charge on any atom is 0.0634 e. The van der Waals surface area contributed by atoms with E-state index in [0.29, 0.717) is 6.04 Å². The summed E-state index contributed by atoms with van der Waals surface area (Å²) >= 11 is 0. The predicted octanol–water partition coefficient (Wildman–Crippen LogP) is 0.424. The molecule has 0 aromatic rings. The van der Waals surface area contributed by atoms with Crippen LogP contribution in [0.25, 0.3) is 0 Å². The van der Waals surface area contributed by atoms with E-state index in [-0.39, 0.29) is 12.4 Å². The number of hydrogen-bond acceptors (Lipinski definition) is 4. The number of fused-ring (bicyclic) bond motifs is 1. The molecule has 3 aliphatic heterocycles. The minimum atomic E-state index is 0. The molecule has 0 aliphatic carbocycles. The molecule has 5 heteroatoms. The maximum atomic E-state index is 5.60. The van der Waals surface area contributed by atoms with E-state index in [9.17, 15) is 0 Å². The fraction of sp³-hybridized carbons (Fsp3) is 1.00. The number of halogens is 1. The summed E-state index contributed by atoms with van der Waals surface area (Å²) in [6, 6.07) is 0.666. The molecule has 18 heavy (non-hydrogen) atoms. The largest absolute Gasteiger partial charge is 0.378 e. The van der Waals surface area contributed by atoms with Crippen LogP contribution in [0.5, 0.6) is 0 Å². The normalized spacial score (nSPS) is 31.7. The fourth-order valence-electron chi connectivity index (χ4n) is 3.41. The SMILES string of the molecule is C1CC(CN2CCN3CCOCC3C2)CCN1.Cl. The molecule has 0 radical (unpaired) electrons. The van der Waals surface area contributed by atoms with Gasteiger partial charge < -0.3 is 15.0 Å². The summed E-state index contributed by atoms with van der Waals surface area (Å²) in [5.41, 5.74) is 0. The minimum absolute atomic E-state index is 0. The third kappa shape index (κ3) is 3.58. The Balaban J connectivity index is 0.00000120. The molecule has 3 rings (SSSR count). The van der Waals surface area contributed by atoms with Crippen molar-refractivity contribution >= 4 is 12.4 Å². The molecule has 0 saturated carbocycles. The molecule has 0 bridgehead atoms. The Morgan fingerprint density at radius 3 is 2.78 bits per heavy atom. The van der Waals surface area contributed by atoms with Crippen molar-refractivity contribution in [3.63, 3.8) is 0 Å². The van der Waals surface area contributed by atoms with E-state index < -0.39 is 0 Å². The Morgan fingerprint density at radius 2 is 1.94 bits per heavy atom. The van der Waals surface area contributed by atoms with Crippen molar-refractivity contribution in [2.45, 2.75) is 18.9 Å². The van der Waals surface area contributed by atoms with E-state index >= 15 is 0 Å². The molecule has 4 nitrogen and oxygen atoms in total. The quantitative estimate of drug-likeness (QED) is 0.791. The first-order valence-electron chi connectivity index (χ1n) is 7.17. The zero-order valence-corrected chi connectivity index (χ0v) is 12.0. The molecular weight excluding hydrogens is 250 g/mol. The van der Waals surface area contributed by atoms with E-state index in [1.165, 1.54) is 52.1 Å². The molecule has 3 heterocycles. The van der Waals surface area contributed by atoms with Crippen LogP contribution in [0.4, 0.5) is 0 Å². The molecule has 0 aromatic carbocycles. The molecule has 1 atom stereocenters. The Kier molecular flexibility index (Phi) is 5.70. The average molecular weight is 276 g/mol. The number of nitrogens with one attached hydrogen (secondary N) is 1. The smallest absolute Gasteiger partial charge is 0.0634 e. The number of nitrogens with zero attached hydrogens (tertiary/aromatic N) is 2. The molecule has 0 amide bonds. The Bertz CT molecular complexity index is 246. The maximum absolute atomic E-state index is 5.60. The number of piperidine rings is 1. The second kappa shape index (κ2) is 7.06. The van der Waals surface area contributed by atoms with Crippen molar-refractivity contribution in [3.05, 3.63) is 0 Å². The lowest BCUT2D eigenvalue weighted by atomic mass is 9.97. The summed E-state index contributed by atoms with van der Waals surface area (Å²) < 4.78 is 5.60. The van der Waals surface area contributed by atoms with Crippen LogP contribution < -0.4 is 5.32 Å². The van der Waals surface area contributed by atoms with E-state index in [1.54, 1.807) is 0 Å². The van der Waals surface area contributed by atoms with Crippen LogP contribution >= 0.6 is 12.4 Å². The molecule has 3 saturated heterocycles. The van der Waals surface area contributed by atoms with Crippen LogP contribution in [0, 0.1) is 5.92 Å². The standard InChI is InChI=1S/C13H25N3O.ClH/c1-3-14-4-2-12(1)9-15-5-6-16-7-8-17-11-13(16)10-15;/h12-14H,1-11H2;1H. The Hall–Kier alpha value is 0.130. The van der Waals surface area contributed by atoms with Gasteiger partial charge in [-0.3, -0.25) is 4.90 Å². The van der Waals surface area contributed by atoms with Crippen molar-refractivity contribution in [3.8, 4) is 0 Å². The number of piperazine rings is 1. The van der Waals surface area contributed by atoms with Crippen LogP contribution in [0.2, 0.25) is 0 Å². The summed E-state index contributed by atoms with van der Waals surface area (Å²) in [7, 11) is 0. The van der Waals surface area contributed by atoms with Crippen LogP contribution in [0.1, 0.15) is 12.8 Å². The highest BCUT2D eigenvalue weighted by Gasteiger charge is 2.30. The van der Waals surface area contributed by atoms with Gasteiger partial charge in [-0.2, -0.15) is 0 Å². The van der Waals surface area contributed by atoms with Gasteiger partial charge in [-0.05, 0) is 31.8 Å². The molecule has 3 fully saturated rings. The highest BCUT2D eigenvalue weighted by molar-refractivity contribution is 5.85. The molecule has 1 N–H and O–H groups in total. The third-order valence-corrected chi connectivity index (χ3v) is 4.50. The second-order valence-electron chi connectivity index (χ2n) is 5.72. The molecule has 1 unspecified atom stereocenters. The highest BCUT2D eigenvalue weighted by Crippen LogP contribution is 2.18. The number of hydrogen-bond donors (Lipinski definition) is 1. The van der Waals surface area contributed by atoms with Crippen LogP contribution in [0.3, 0.4) is 0 Å². The predicted molar refractivity (Wildman–Crippen MR) is 75.5 cm³/mol. The molecule has 106 valence electrons. The second-order valence-corrected chi connectivity index (χ2v) is 5.72. The van der Waals surface area contributed by atoms with Gasteiger partial charge in [0, 0.05) is 38.8 Å². The zero-order chi connectivity index (χ0) is 11.5.